The van der Waals surface area contributed by atoms with Crippen molar-refractivity contribution in [3.8, 4) is 5.75 Å². The van der Waals surface area contributed by atoms with E-state index in [1.54, 1.807) is 0 Å². The summed E-state index contributed by atoms with van der Waals surface area (Å²) < 4.78 is 18.9. The molecular weight excluding hydrogens is 217 g/mol. The highest BCUT2D eigenvalue weighted by Crippen LogP contribution is 2.26. The number of nitrogens with one attached hydrogen (secondary N) is 1. The fourth-order valence-corrected chi connectivity index (χ4v) is 2.54. The van der Waals surface area contributed by atoms with Crippen molar-refractivity contribution < 1.29 is 9.13 Å². The van der Waals surface area contributed by atoms with Crippen LogP contribution in [0.5, 0.6) is 5.75 Å². The van der Waals surface area contributed by atoms with Crippen LogP contribution in [-0.4, -0.2) is 19.7 Å². The van der Waals surface area contributed by atoms with E-state index in [-0.39, 0.29) is 5.82 Å². The monoisotopic (exact) mass is 237 g/mol. The zero-order chi connectivity index (χ0) is 12.3. The van der Waals surface area contributed by atoms with E-state index in [1.807, 2.05) is 13.0 Å². The lowest BCUT2D eigenvalue weighted by atomic mass is 9.96. The largest absolute Gasteiger partial charge is 0.493 e. The first kappa shape index (κ1) is 12.4. The van der Waals surface area contributed by atoms with Crippen molar-refractivity contribution in [3.05, 3.63) is 29.1 Å². The van der Waals surface area contributed by atoms with E-state index in [0.717, 1.165) is 24.1 Å². The van der Waals surface area contributed by atoms with Gasteiger partial charge in [0.2, 0.25) is 0 Å². The molecule has 17 heavy (non-hydrogen) atoms. The quantitative estimate of drug-likeness (QED) is 0.872. The number of rotatable bonds is 3. The number of halogens is 1. The van der Waals surface area contributed by atoms with Crippen LogP contribution in [0.15, 0.2) is 12.1 Å². The number of piperidine rings is 1. The summed E-state index contributed by atoms with van der Waals surface area (Å²) in [6.45, 7) is 2.99. The first-order valence-electron chi connectivity index (χ1n) is 6.27. The summed E-state index contributed by atoms with van der Waals surface area (Å²) in [6, 6.07) is 4.01. The van der Waals surface area contributed by atoms with E-state index >= 15 is 0 Å². The third-order valence-corrected chi connectivity index (χ3v) is 3.35. The number of aryl methyl sites for hydroxylation is 1. The normalized spacial score (nSPS) is 20.3. The highest BCUT2D eigenvalue weighted by Gasteiger charge is 2.17. The second-order valence-electron chi connectivity index (χ2n) is 4.79. The van der Waals surface area contributed by atoms with Gasteiger partial charge in [-0.3, -0.25) is 0 Å². The van der Waals surface area contributed by atoms with E-state index in [4.69, 9.17) is 4.74 Å². The maximum absolute atomic E-state index is 13.7. The van der Waals surface area contributed by atoms with Crippen LogP contribution in [0.25, 0.3) is 0 Å². The second-order valence-corrected chi connectivity index (χ2v) is 4.79. The molecule has 1 aliphatic rings. The molecule has 1 heterocycles. The molecule has 1 unspecified atom stereocenters. The van der Waals surface area contributed by atoms with E-state index in [0.29, 0.717) is 11.8 Å². The molecule has 2 rings (SSSR count). The molecule has 3 heteroatoms. The predicted octanol–water partition coefficient (Wildman–Crippen LogP) is 2.83. The average molecular weight is 237 g/mol. The maximum atomic E-state index is 13.7. The highest BCUT2D eigenvalue weighted by molar-refractivity contribution is 5.39. The van der Waals surface area contributed by atoms with Crippen LogP contribution < -0.4 is 10.1 Å². The molecule has 0 spiro atoms. The molecule has 1 aliphatic heterocycles. The Kier molecular flexibility index (Phi) is 4.00. The summed E-state index contributed by atoms with van der Waals surface area (Å²) in [7, 11) is 1.53. The van der Waals surface area contributed by atoms with Gasteiger partial charge in [-0.2, -0.15) is 0 Å². The Hall–Kier alpha value is -1.09. The zero-order valence-electron chi connectivity index (χ0n) is 10.6. The SMILES string of the molecule is COc1c(F)cc(C)cc1CC1CCCCN1. The van der Waals surface area contributed by atoms with E-state index in [2.05, 4.69) is 5.32 Å². The van der Waals surface area contributed by atoms with Crippen molar-refractivity contribution in [2.75, 3.05) is 13.7 Å². The minimum absolute atomic E-state index is 0.252. The van der Waals surface area contributed by atoms with Crippen LogP contribution in [-0.2, 0) is 6.42 Å². The number of methoxy groups -OCH3 is 1. The average Bonchev–Trinajstić information content (AvgIpc) is 2.30. The van der Waals surface area contributed by atoms with Gasteiger partial charge in [0.25, 0.3) is 0 Å². The number of ether oxygens (including phenoxy) is 1. The topological polar surface area (TPSA) is 21.3 Å². The molecule has 0 amide bonds. The molecule has 1 aromatic carbocycles. The van der Waals surface area contributed by atoms with Crippen molar-refractivity contribution in [2.24, 2.45) is 0 Å². The molecular formula is C14H20FNO. The minimum atomic E-state index is -0.252. The lowest BCUT2D eigenvalue weighted by Crippen LogP contribution is -2.35. The Labute approximate surface area is 102 Å². The van der Waals surface area contributed by atoms with Gasteiger partial charge in [-0.15, -0.1) is 0 Å². The van der Waals surface area contributed by atoms with Crippen LogP contribution in [0.1, 0.15) is 30.4 Å². The molecule has 1 fully saturated rings. The summed E-state index contributed by atoms with van der Waals surface area (Å²) in [5.41, 5.74) is 1.93. The fourth-order valence-electron chi connectivity index (χ4n) is 2.54. The fraction of sp³-hybridized carbons (Fsp3) is 0.571. The van der Waals surface area contributed by atoms with Gasteiger partial charge in [0.05, 0.1) is 7.11 Å². The molecule has 2 nitrogen and oxygen atoms in total. The van der Waals surface area contributed by atoms with Crippen LogP contribution >= 0.6 is 0 Å². The second kappa shape index (κ2) is 5.50. The van der Waals surface area contributed by atoms with Gasteiger partial charge in [-0.25, -0.2) is 4.39 Å². The third kappa shape index (κ3) is 2.97. The van der Waals surface area contributed by atoms with Gasteiger partial charge in [-0.1, -0.05) is 12.5 Å². The lowest BCUT2D eigenvalue weighted by Gasteiger charge is -2.24. The zero-order valence-corrected chi connectivity index (χ0v) is 10.6. The number of benzene rings is 1. The van der Waals surface area contributed by atoms with Crippen molar-refractivity contribution >= 4 is 0 Å². The first-order chi connectivity index (χ1) is 8.20. The molecule has 1 saturated heterocycles. The Morgan fingerprint density at radius 3 is 2.88 bits per heavy atom. The van der Waals surface area contributed by atoms with Crippen molar-refractivity contribution in [1.29, 1.82) is 0 Å². The van der Waals surface area contributed by atoms with Gasteiger partial charge in [0.15, 0.2) is 11.6 Å². The number of hydrogen-bond donors (Lipinski definition) is 1. The minimum Gasteiger partial charge on any atom is -0.493 e. The van der Waals surface area contributed by atoms with Gasteiger partial charge < -0.3 is 10.1 Å². The molecule has 0 aromatic heterocycles. The lowest BCUT2D eigenvalue weighted by molar-refractivity contribution is 0.366. The van der Waals surface area contributed by atoms with Crippen LogP contribution in [0, 0.1) is 12.7 Å². The van der Waals surface area contributed by atoms with E-state index in [1.165, 1.54) is 32.4 Å². The Morgan fingerprint density at radius 2 is 2.24 bits per heavy atom. The van der Waals surface area contributed by atoms with Crippen molar-refractivity contribution in [3.63, 3.8) is 0 Å². The molecule has 1 N–H and O–H groups in total. The smallest absolute Gasteiger partial charge is 0.165 e. The predicted molar refractivity (Wildman–Crippen MR) is 67.0 cm³/mol. The van der Waals surface area contributed by atoms with Gasteiger partial charge >= 0.3 is 0 Å². The van der Waals surface area contributed by atoms with Gasteiger partial charge in [0, 0.05) is 6.04 Å². The van der Waals surface area contributed by atoms with Crippen LogP contribution in [0.4, 0.5) is 4.39 Å². The van der Waals surface area contributed by atoms with Gasteiger partial charge in [0.1, 0.15) is 0 Å². The Morgan fingerprint density at radius 1 is 1.41 bits per heavy atom. The molecule has 0 aliphatic carbocycles. The summed E-state index contributed by atoms with van der Waals surface area (Å²) >= 11 is 0. The van der Waals surface area contributed by atoms with Crippen molar-refractivity contribution in [1.82, 2.24) is 5.32 Å². The standard InChI is InChI=1S/C14H20FNO/c1-10-7-11(14(17-2)13(15)8-10)9-12-5-3-4-6-16-12/h7-8,12,16H,3-6,9H2,1-2H3. The van der Waals surface area contributed by atoms with Crippen molar-refractivity contribution in [2.45, 2.75) is 38.6 Å². The first-order valence-corrected chi connectivity index (χ1v) is 6.27. The molecule has 0 radical (unpaired) electrons. The Balaban J connectivity index is 2.18. The molecule has 0 bridgehead atoms. The van der Waals surface area contributed by atoms with Crippen LogP contribution in [0.2, 0.25) is 0 Å². The Bertz CT molecular complexity index is 386. The third-order valence-electron chi connectivity index (χ3n) is 3.35. The summed E-state index contributed by atoms with van der Waals surface area (Å²) in [4.78, 5) is 0. The molecule has 94 valence electrons. The van der Waals surface area contributed by atoms with Crippen LogP contribution in [0.3, 0.4) is 0 Å². The number of hydrogen-bond acceptors (Lipinski definition) is 2. The summed E-state index contributed by atoms with van der Waals surface area (Å²) in [5, 5.41) is 3.48. The van der Waals surface area contributed by atoms with E-state index in [9.17, 15) is 4.39 Å². The molecule has 1 aromatic rings. The molecule has 1 atom stereocenters. The van der Waals surface area contributed by atoms with E-state index < -0.39 is 0 Å². The highest BCUT2D eigenvalue weighted by atomic mass is 19.1. The maximum Gasteiger partial charge on any atom is 0.165 e. The molecule has 0 saturated carbocycles. The summed E-state index contributed by atoms with van der Waals surface area (Å²) in [6.07, 6.45) is 4.52. The van der Waals surface area contributed by atoms with Gasteiger partial charge in [-0.05, 0) is 49.9 Å². The summed E-state index contributed by atoms with van der Waals surface area (Å²) in [5.74, 6) is 0.154.